The van der Waals surface area contributed by atoms with Gasteiger partial charge in [0.2, 0.25) is 0 Å². The van der Waals surface area contributed by atoms with Gasteiger partial charge in [0, 0.05) is 11.5 Å². The summed E-state index contributed by atoms with van der Waals surface area (Å²) in [6, 6.07) is 30.5. The van der Waals surface area contributed by atoms with Gasteiger partial charge in [0.25, 0.3) is 0 Å². The van der Waals surface area contributed by atoms with E-state index in [1.54, 1.807) is 0 Å². The van der Waals surface area contributed by atoms with Crippen molar-refractivity contribution in [2.45, 2.75) is 11.5 Å². The van der Waals surface area contributed by atoms with E-state index in [-0.39, 0.29) is 0 Å². The van der Waals surface area contributed by atoms with Crippen LogP contribution in [0.2, 0.25) is 0 Å². The summed E-state index contributed by atoms with van der Waals surface area (Å²) < 4.78 is 0. The van der Waals surface area contributed by atoms with Crippen LogP contribution in [0.25, 0.3) is 21.5 Å². The molecule has 0 spiro atoms. The molecule has 0 aliphatic carbocycles. The Balaban J connectivity index is 1.44. The molecule has 0 fully saturated rings. The van der Waals surface area contributed by atoms with Crippen molar-refractivity contribution in [3.05, 3.63) is 96.1 Å². The van der Waals surface area contributed by atoms with Gasteiger partial charge in [0.05, 0.1) is 0 Å². The van der Waals surface area contributed by atoms with Gasteiger partial charge in [-0.2, -0.15) is 0 Å². The molecular formula is C22H18S2. The van der Waals surface area contributed by atoms with Gasteiger partial charge in [0.1, 0.15) is 0 Å². The van der Waals surface area contributed by atoms with E-state index in [1.807, 2.05) is 21.6 Å². The van der Waals surface area contributed by atoms with Crippen LogP contribution in [0.3, 0.4) is 0 Å². The molecule has 0 bridgehead atoms. The number of benzene rings is 4. The summed E-state index contributed by atoms with van der Waals surface area (Å²) in [7, 11) is 3.88. The zero-order valence-corrected chi connectivity index (χ0v) is 14.9. The Morgan fingerprint density at radius 3 is 1.38 bits per heavy atom. The molecule has 0 aliphatic heterocycles. The highest BCUT2D eigenvalue weighted by Crippen LogP contribution is 2.33. The summed E-state index contributed by atoms with van der Waals surface area (Å²) >= 11 is 0. The van der Waals surface area contributed by atoms with Crippen LogP contribution >= 0.6 is 21.6 Å². The standard InChI is InChI=1S/C22H18S2/c1-3-13-21-17(7-1)9-5-11-19(21)15-23-24-16-20-12-6-10-18-8-2-4-14-22(18)20/h1-14H,15-16H2. The van der Waals surface area contributed by atoms with E-state index in [0.29, 0.717) is 0 Å². The van der Waals surface area contributed by atoms with Crippen LogP contribution < -0.4 is 0 Å². The van der Waals surface area contributed by atoms with E-state index < -0.39 is 0 Å². The summed E-state index contributed by atoms with van der Waals surface area (Å²) in [5.41, 5.74) is 2.84. The Morgan fingerprint density at radius 2 is 0.875 bits per heavy atom. The third kappa shape index (κ3) is 3.31. The van der Waals surface area contributed by atoms with Crippen molar-refractivity contribution in [3.8, 4) is 0 Å². The first-order valence-electron chi connectivity index (χ1n) is 8.09. The largest absolute Gasteiger partial charge is 0.0890 e. The first-order chi connectivity index (χ1) is 11.9. The van der Waals surface area contributed by atoms with Gasteiger partial charge in [-0.1, -0.05) is 107 Å². The smallest absolute Gasteiger partial charge is 0.0295 e. The van der Waals surface area contributed by atoms with Gasteiger partial charge < -0.3 is 0 Å². The van der Waals surface area contributed by atoms with E-state index in [1.165, 1.54) is 32.7 Å². The van der Waals surface area contributed by atoms with Crippen LogP contribution in [0.4, 0.5) is 0 Å². The zero-order valence-electron chi connectivity index (χ0n) is 13.3. The highest BCUT2D eigenvalue weighted by atomic mass is 33.1. The van der Waals surface area contributed by atoms with E-state index in [4.69, 9.17) is 0 Å². The van der Waals surface area contributed by atoms with Crippen LogP contribution in [0.15, 0.2) is 84.9 Å². The lowest BCUT2D eigenvalue weighted by atomic mass is 10.1. The molecule has 24 heavy (non-hydrogen) atoms. The first kappa shape index (κ1) is 15.6. The Bertz CT molecular complexity index is 884. The fourth-order valence-corrected chi connectivity index (χ4v) is 5.23. The van der Waals surface area contributed by atoms with E-state index in [0.717, 1.165) is 11.5 Å². The molecule has 0 heterocycles. The highest BCUT2D eigenvalue weighted by Gasteiger charge is 2.03. The lowest BCUT2D eigenvalue weighted by molar-refractivity contribution is 1.47. The predicted octanol–water partition coefficient (Wildman–Crippen LogP) is 7.07. The molecular weight excluding hydrogens is 328 g/mol. The molecule has 0 atom stereocenters. The minimum atomic E-state index is 1.04. The van der Waals surface area contributed by atoms with Crippen LogP contribution in [0.1, 0.15) is 11.1 Å². The van der Waals surface area contributed by atoms with E-state index in [2.05, 4.69) is 84.9 Å². The molecule has 0 nitrogen and oxygen atoms in total. The van der Waals surface area contributed by atoms with Crippen molar-refractivity contribution >= 4 is 43.1 Å². The van der Waals surface area contributed by atoms with E-state index >= 15 is 0 Å². The van der Waals surface area contributed by atoms with Gasteiger partial charge in [-0.25, -0.2) is 0 Å². The molecule has 118 valence electrons. The second-order valence-corrected chi connectivity index (χ2v) is 8.26. The SMILES string of the molecule is c1ccc2c(CSSCc3cccc4ccccc34)cccc2c1. The lowest BCUT2D eigenvalue weighted by Gasteiger charge is -2.08. The zero-order chi connectivity index (χ0) is 16.2. The van der Waals surface area contributed by atoms with Crippen molar-refractivity contribution in [2.24, 2.45) is 0 Å². The van der Waals surface area contributed by atoms with Gasteiger partial charge in [-0.15, -0.1) is 0 Å². The second-order valence-electron chi connectivity index (χ2n) is 5.80. The Morgan fingerprint density at radius 1 is 0.458 bits per heavy atom. The summed E-state index contributed by atoms with van der Waals surface area (Å²) in [5.74, 6) is 2.08. The van der Waals surface area contributed by atoms with Crippen molar-refractivity contribution in [1.82, 2.24) is 0 Å². The molecule has 2 heteroatoms. The fraction of sp³-hybridized carbons (Fsp3) is 0.0909. The maximum atomic E-state index is 2.24. The van der Waals surface area contributed by atoms with Gasteiger partial charge in [0.15, 0.2) is 0 Å². The molecule has 0 saturated carbocycles. The topological polar surface area (TPSA) is 0 Å². The average Bonchev–Trinajstić information content (AvgIpc) is 2.65. The van der Waals surface area contributed by atoms with Crippen molar-refractivity contribution in [1.29, 1.82) is 0 Å². The molecule has 0 unspecified atom stereocenters. The van der Waals surface area contributed by atoms with Crippen LogP contribution in [-0.2, 0) is 11.5 Å². The number of fused-ring (bicyclic) bond motifs is 2. The molecule has 0 aromatic heterocycles. The van der Waals surface area contributed by atoms with Crippen LogP contribution in [0.5, 0.6) is 0 Å². The summed E-state index contributed by atoms with van der Waals surface area (Å²) in [5, 5.41) is 5.40. The second kappa shape index (κ2) is 7.33. The Labute approximate surface area is 150 Å². The predicted molar refractivity (Wildman–Crippen MR) is 110 cm³/mol. The van der Waals surface area contributed by atoms with Crippen molar-refractivity contribution < 1.29 is 0 Å². The van der Waals surface area contributed by atoms with Gasteiger partial charge >= 0.3 is 0 Å². The quantitative estimate of drug-likeness (QED) is 0.280. The average molecular weight is 347 g/mol. The normalized spacial score (nSPS) is 11.2. The number of hydrogen-bond donors (Lipinski definition) is 0. The highest BCUT2D eigenvalue weighted by molar-refractivity contribution is 8.76. The molecule has 0 radical (unpaired) electrons. The third-order valence-corrected chi connectivity index (χ3v) is 6.50. The van der Waals surface area contributed by atoms with Crippen molar-refractivity contribution in [2.75, 3.05) is 0 Å². The number of rotatable bonds is 5. The summed E-state index contributed by atoms with van der Waals surface area (Å²) in [6.07, 6.45) is 0. The number of hydrogen-bond acceptors (Lipinski definition) is 2. The monoisotopic (exact) mass is 346 g/mol. The maximum absolute atomic E-state index is 2.24. The Kier molecular flexibility index (Phi) is 4.77. The molecule has 0 amide bonds. The molecule has 0 N–H and O–H groups in total. The van der Waals surface area contributed by atoms with Crippen LogP contribution in [-0.4, -0.2) is 0 Å². The third-order valence-electron chi connectivity index (χ3n) is 4.27. The Hall–Kier alpha value is -1.90. The lowest BCUT2D eigenvalue weighted by Crippen LogP contribution is -1.84. The molecule has 4 rings (SSSR count). The van der Waals surface area contributed by atoms with Crippen molar-refractivity contribution in [3.63, 3.8) is 0 Å². The summed E-state index contributed by atoms with van der Waals surface area (Å²) in [4.78, 5) is 0. The van der Waals surface area contributed by atoms with Gasteiger partial charge in [-0.3, -0.25) is 0 Å². The molecule has 4 aromatic carbocycles. The molecule has 4 aromatic rings. The maximum Gasteiger partial charge on any atom is 0.0295 e. The van der Waals surface area contributed by atoms with Crippen LogP contribution in [0, 0.1) is 0 Å². The van der Waals surface area contributed by atoms with E-state index in [9.17, 15) is 0 Å². The minimum absolute atomic E-state index is 1.04. The first-order valence-corrected chi connectivity index (χ1v) is 10.6. The van der Waals surface area contributed by atoms with Gasteiger partial charge in [-0.05, 0) is 32.7 Å². The molecule has 0 aliphatic rings. The fourth-order valence-electron chi connectivity index (χ4n) is 3.05. The minimum Gasteiger partial charge on any atom is -0.0890 e. The summed E-state index contributed by atoms with van der Waals surface area (Å²) in [6.45, 7) is 0. The molecule has 0 saturated heterocycles.